The molecule has 0 aromatic carbocycles. The molecular formula is C14H25N3O2. The van der Waals surface area contributed by atoms with E-state index in [1.165, 1.54) is 19.3 Å². The molecule has 5 nitrogen and oxygen atoms in total. The summed E-state index contributed by atoms with van der Waals surface area (Å²) in [5, 5.41) is 2.99. The monoisotopic (exact) mass is 267 g/mol. The van der Waals surface area contributed by atoms with E-state index in [1.54, 1.807) is 11.9 Å². The standard InChI is InChI=1S/C14H25N3O2/c1-17-9-11(7-13(17)19)16-12(18)8-14(10-15)5-3-2-4-6-14/h11H,2-10,15H2,1H3,(H,16,18). The van der Waals surface area contributed by atoms with Crippen LogP contribution in [-0.4, -0.2) is 42.9 Å². The van der Waals surface area contributed by atoms with Gasteiger partial charge >= 0.3 is 0 Å². The van der Waals surface area contributed by atoms with Crippen molar-refractivity contribution < 1.29 is 9.59 Å². The number of nitrogens with one attached hydrogen (secondary N) is 1. The quantitative estimate of drug-likeness (QED) is 0.784. The zero-order valence-corrected chi connectivity index (χ0v) is 11.8. The van der Waals surface area contributed by atoms with E-state index in [1.807, 2.05) is 0 Å². The van der Waals surface area contributed by atoms with Gasteiger partial charge in [-0.15, -0.1) is 0 Å². The molecule has 0 bridgehead atoms. The molecule has 2 aliphatic rings. The van der Waals surface area contributed by atoms with Crippen LogP contribution in [-0.2, 0) is 9.59 Å². The maximum Gasteiger partial charge on any atom is 0.224 e. The third kappa shape index (κ3) is 3.47. The molecule has 3 N–H and O–H groups in total. The van der Waals surface area contributed by atoms with Gasteiger partial charge in [-0.25, -0.2) is 0 Å². The van der Waals surface area contributed by atoms with E-state index in [9.17, 15) is 9.59 Å². The second-order valence-electron chi connectivity index (χ2n) is 6.18. The first-order valence-electron chi connectivity index (χ1n) is 7.28. The van der Waals surface area contributed by atoms with Crippen molar-refractivity contribution in [3.8, 4) is 0 Å². The van der Waals surface area contributed by atoms with Gasteiger partial charge in [-0.2, -0.15) is 0 Å². The molecule has 1 aliphatic heterocycles. The van der Waals surface area contributed by atoms with E-state index in [0.29, 0.717) is 25.9 Å². The third-order valence-corrected chi connectivity index (χ3v) is 4.59. The van der Waals surface area contributed by atoms with E-state index >= 15 is 0 Å². The summed E-state index contributed by atoms with van der Waals surface area (Å²) in [4.78, 5) is 25.2. The van der Waals surface area contributed by atoms with Crippen LogP contribution in [0, 0.1) is 5.41 Å². The highest BCUT2D eigenvalue weighted by Gasteiger charge is 2.34. The second kappa shape index (κ2) is 5.90. The lowest BCUT2D eigenvalue weighted by atomic mass is 9.71. The molecule has 0 aromatic heterocycles. The highest BCUT2D eigenvalue weighted by atomic mass is 16.2. The predicted molar refractivity (Wildman–Crippen MR) is 73.4 cm³/mol. The SMILES string of the molecule is CN1CC(NC(=O)CC2(CN)CCCCC2)CC1=O. The molecule has 2 amide bonds. The third-order valence-electron chi connectivity index (χ3n) is 4.59. The van der Waals surface area contributed by atoms with Gasteiger partial charge in [0.15, 0.2) is 0 Å². The molecule has 1 saturated heterocycles. The zero-order chi connectivity index (χ0) is 13.9. The number of nitrogens with zero attached hydrogens (tertiary/aromatic N) is 1. The summed E-state index contributed by atoms with van der Waals surface area (Å²) in [6, 6.07) is -0.0246. The number of rotatable bonds is 4. The van der Waals surface area contributed by atoms with Crippen molar-refractivity contribution in [2.45, 2.75) is 51.0 Å². The molecule has 1 saturated carbocycles. The van der Waals surface area contributed by atoms with Crippen LogP contribution >= 0.6 is 0 Å². The van der Waals surface area contributed by atoms with E-state index in [2.05, 4.69) is 5.32 Å². The number of hydrogen-bond acceptors (Lipinski definition) is 3. The minimum atomic E-state index is -0.0246. The van der Waals surface area contributed by atoms with Crippen molar-refractivity contribution in [2.24, 2.45) is 11.1 Å². The fourth-order valence-corrected chi connectivity index (χ4v) is 3.33. The van der Waals surface area contributed by atoms with Gasteiger partial charge in [0.2, 0.25) is 11.8 Å². The molecule has 1 aliphatic carbocycles. The van der Waals surface area contributed by atoms with Gasteiger partial charge in [-0.1, -0.05) is 19.3 Å². The van der Waals surface area contributed by atoms with Crippen LogP contribution in [0.5, 0.6) is 0 Å². The first-order chi connectivity index (χ1) is 9.04. The Kier molecular flexibility index (Phi) is 4.45. The lowest BCUT2D eigenvalue weighted by Gasteiger charge is -2.35. The summed E-state index contributed by atoms with van der Waals surface area (Å²) >= 11 is 0. The summed E-state index contributed by atoms with van der Waals surface area (Å²) in [6.07, 6.45) is 6.66. The molecular weight excluding hydrogens is 242 g/mol. The van der Waals surface area contributed by atoms with Gasteiger partial charge in [0.25, 0.3) is 0 Å². The largest absolute Gasteiger partial charge is 0.351 e. The Bertz CT molecular complexity index is 351. The van der Waals surface area contributed by atoms with Crippen LogP contribution in [0.1, 0.15) is 44.9 Å². The van der Waals surface area contributed by atoms with Gasteiger partial charge in [-0.05, 0) is 24.8 Å². The number of nitrogens with two attached hydrogens (primary N) is 1. The van der Waals surface area contributed by atoms with E-state index < -0.39 is 0 Å². The molecule has 108 valence electrons. The van der Waals surface area contributed by atoms with Crippen molar-refractivity contribution in [1.29, 1.82) is 0 Å². The van der Waals surface area contributed by atoms with Gasteiger partial charge in [-0.3, -0.25) is 9.59 Å². The zero-order valence-electron chi connectivity index (χ0n) is 11.8. The minimum Gasteiger partial charge on any atom is -0.351 e. The van der Waals surface area contributed by atoms with Crippen LogP contribution in [0.4, 0.5) is 0 Å². The topological polar surface area (TPSA) is 75.4 Å². The molecule has 1 unspecified atom stereocenters. The number of likely N-dealkylation sites (N-methyl/N-ethyl adjacent to an activating group) is 1. The van der Waals surface area contributed by atoms with Crippen LogP contribution in [0.25, 0.3) is 0 Å². The molecule has 0 spiro atoms. The van der Waals surface area contributed by atoms with Gasteiger partial charge < -0.3 is 16.0 Å². The van der Waals surface area contributed by atoms with Gasteiger partial charge in [0.05, 0.1) is 6.04 Å². The maximum absolute atomic E-state index is 12.1. The summed E-state index contributed by atoms with van der Waals surface area (Å²) in [7, 11) is 1.77. The second-order valence-corrected chi connectivity index (χ2v) is 6.18. The van der Waals surface area contributed by atoms with Gasteiger partial charge in [0, 0.05) is 26.4 Å². The highest BCUT2D eigenvalue weighted by Crippen LogP contribution is 2.38. The number of carbonyl (C=O) groups excluding carboxylic acids is 2. The maximum atomic E-state index is 12.1. The highest BCUT2D eigenvalue weighted by molar-refractivity contribution is 5.82. The first kappa shape index (κ1) is 14.3. The summed E-state index contributed by atoms with van der Waals surface area (Å²) in [6.45, 7) is 1.21. The Morgan fingerprint density at radius 3 is 2.63 bits per heavy atom. The van der Waals surface area contributed by atoms with Crippen LogP contribution in [0.15, 0.2) is 0 Å². The summed E-state index contributed by atoms with van der Waals surface area (Å²) in [5.41, 5.74) is 5.89. The van der Waals surface area contributed by atoms with Crippen LogP contribution < -0.4 is 11.1 Å². The van der Waals surface area contributed by atoms with Crippen LogP contribution in [0.2, 0.25) is 0 Å². The Hall–Kier alpha value is -1.10. The molecule has 2 rings (SSSR count). The van der Waals surface area contributed by atoms with Crippen molar-refractivity contribution in [1.82, 2.24) is 10.2 Å². The van der Waals surface area contributed by atoms with Gasteiger partial charge in [0.1, 0.15) is 0 Å². The van der Waals surface area contributed by atoms with Crippen molar-refractivity contribution in [3.63, 3.8) is 0 Å². The molecule has 0 radical (unpaired) electrons. The van der Waals surface area contributed by atoms with E-state index in [0.717, 1.165) is 12.8 Å². The fraction of sp³-hybridized carbons (Fsp3) is 0.857. The van der Waals surface area contributed by atoms with Crippen molar-refractivity contribution >= 4 is 11.8 Å². The van der Waals surface area contributed by atoms with E-state index in [-0.39, 0.29) is 23.3 Å². The lowest BCUT2D eigenvalue weighted by molar-refractivity contribution is -0.126. The fourth-order valence-electron chi connectivity index (χ4n) is 3.33. The predicted octanol–water partition coefficient (Wildman–Crippen LogP) is 0.633. The summed E-state index contributed by atoms with van der Waals surface area (Å²) < 4.78 is 0. The lowest BCUT2D eigenvalue weighted by Crippen LogP contribution is -2.42. The minimum absolute atomic E-state index is 0.00313. The number of hydrogen-bond donors (Lipinski definition) is 2. The molecule has 0 aromatic rings. The number of likely N-dealkylation sites (tertiary alicyclic amines) is 1. The number of carbonyl (C=O) groups is 2. The molecule has 5 heteroatoms. The Morgan fingerprint density at radius 2 is 2.11 bits per heavy atom. The van der Waals surface area contributed by atoms with Crippen LogP contribution in [0.3, 0.4) is 0 Å². The molecule has 1 atom stereocenters. The Balaban J connectivity index is 1.85. The Morgan fingerprint density at radius 1 is 1.42 bits per heavy atom. The normalized spacial score (nSPS) is 26.5. The first-order valence-corrected chi connectivity index (χ1v) is 7.28. The average Bonchev–Trinajstić information content (AvgIpc) is 2.69. The van der Waals surface area contributed by atoms with Crippen molar-refractivity contribution in [3.05, 3.63) is 0 Å². The van der Waals surface area contributed by atoms with E-state index in [4.69, 9.17) is 5.73 Å². The smallest absolute Gasteiger partial charge is 0.224 e. The van der Waals surface area contributed by atoms with Crippen molar-refractivity contribution in [2.75, 3.05) is 20.1 Å². The molecule has 2 fully saturated rings. The number of amides is 2. The average molecular weight is 267 g/mol. The molecule has 19 heavy (non-hydrogen) atoms. The molecule has 1 heterocycles. The summed E-state index contributed by atoms with van der Waals surface area (Å²) in [5.74, 6) is 0.164. The Labute approximate surface area is 114 Å².